The van der Waals surface area contributed by atoms with E-state index in [1.54, 1.807) is 0 Å². The van der Waals surface area contributed by atoms with Crippen LogP contribution >= 0.6 is 0 Å². The first kappa shape index (κ1) is 39.6. The Kier molecular flexibility index (Phi) is 12.9. The van der Waals surface area contributed by atoms with Crippen molar-refractivity contribution in [3.05, 3.63) is 59.7 Å². The Morgan fingerprint density at radius 2 is 1.22 bits per heavy atom. The summed E-state index contributed by atoms with van der Waals surface area (Å²) in [6.45, 7) is 21.2. The van der Waals surface area contributed by atoms with Gasteiger partial charge in [-0.2, -0.15) is 0 Å². The number of aliphatic hydroxyl groups is 2. The second kappa shape index (κ2) is 16.0. The van der Waals surface area contributed by atoms with Gasteiger partial charge in [-0.15, -0.1) is 0 Å². The second-order valence-corrected chi connectivity index (χ2v) is 18.4. The predicted octanol–water partition coefficient (Wildman–Crippen LogP) is 5.76. The molecule has 2 saturated carbocycles. The van der Waals surface area contributed by atoms with Crippen LogP contribution in [0.3, 0.4) is 0 Å². The van der Waals surface area contributed by atoms with Crippen molar-refractivity contribution in [1.82, 2.24) is 10.6 Å². The molecule has 2 aliphatic carbocycles. The third-order valence-electron chi connectivity index (χ3n) is 11.0. The number of hydrogen-bond donors (Lipinski definition) is 6. The van der Waals surface area contributed by atoms with E-state index < -0.39 is 12.2 Å². The zero-order chi connectivity index (χ0) is 36.1. The molecule has 276 valence electrons. The van der Waals surface area contributed by atoms with Crippen molar-refractivity contribution in [2.24, 2.45) is 33.1 Å². The van der Waals surface area contributed by atoms with Crippen molar-refractivity contribution in [2.45, 2.75) is 124 Å². The van der Waals surface area contributed by atoms with Crippen molar-refractivity contribution in [1.29, 1.82) is 0 Å². The van der Waals surface area contributed by atoms with Crippen LogP contribution in [0.15, 0.2) is 48.5 Å². The summed E-state index contributed by atoms with van der Waals surface area (Å²) in [6.07, 6.45) is 5.25. The van der Waals surface area contributed by atoms with Crippen LogP contribution in [-0.2, 0) is 5.41 Å². The van der Waals surface area contributed by atoms with E-state index in [9.17, 15) is 10.2 Å². The molecule has 2 aromatic rings. The minimum Gasteiger partial charge on any atom is -0.491 e. The van der Waals surface area contributed by atoms with Gasteiger partial charge < -0.3 is 41.8 Å². The first-order chi connectivity index (χ1) is 22.8. The number of aliphatic hydroxyl groups excluding tert-OH is 2. The molecular weight excluding hydrogens is 612 g/mol. The van der Waals surface area contributed by atoms with Crippen molar-refractivity contribution in [3.8, 4) is 11.5 Å². The quantitative estimate of drug-likeness (QED) is 0.132. The molecule has 8 nitrogen and oxygen atoms in total. The Morgan fingerprint density at radius 3 is 1.73 bits per heavy atom. The van der Waals surface area contributed by atoms with Crippen molar-refractivity contribution in [3.63, 3.8) is 0 Å². The Morgan fingerprint density at radius 1 is 0.735 bits per heavy atom. The fourth-order valence-corrected chi connectivity index (χ4v) is 9.23. The summed E-state index contributed by atoms with van der Waals surface area (Å²) < 4.78 is 11.9. The van der Waals surface area contributed by atoms with E-state index in [0.29, 0.717) is 25.7 Å². The van der Waals surface area contributed by atoms with Crippen LogP contribution in [0.25, 0.3) is 0 Å². The van der Waals surface area contributed by atoms with Gasteiger partial charge in [-0.25, -0.2) is 0 Å². The van der Waals surface area contributed by atoms with Gasteiger partial charge in [0.05, 0.1) is 0 Å². The maximum Gasteiger partial charge on any atom is 0.119 e. The third-order valence-corrected chi connectivity index (χ3v) is 11.0. The van der Waals surface area contributed by atoms with E-state index in [-0.39, 0.29) is 46.3 Å². The van der Waals surface area contributed by atoms with Crippen molar-refractivity contribution < 1.29 is 19.7 Å². The van der Waals surface area contributed by atoms with Crippen LogP contribution in [0.5, 0.6) is 11.5 Å². The third kappa shape index (κ3) is 11.7. The molecule has 4 rings (SSSR count). The molecule has 0 aromatic heterocycles. The van der Waals surface area contributed by atoms with E-state index in [4.69, 9.17) is 20.9 Å². The number of hydrogen-bond acceptors (Lipinski definition) is 8. The number of nitrogens with two attached hydrogens (primary N) is 2. The normalized spacial score (nSPS) is 28.1. The topological polar surface area (TPSA) is 135 Å². The Hall–Kier alpha value is -2.20. The fourth-order valence-electron chi connectivity index (χ4n) is 9.23. The maximum atomic E-state index is 10.7. The summed E-state index contributed by atoms with van der Waals surface area (Å²) in [5.74, 6) is 1.48. The molecule has 2 aromatic carbocycles. The number of nitrogens with one attached hydrogen (secondary N) is 2. The van der Waals surface area contributed by atoms with Gasteiger partial charge in [-0.1, -0.05) is 79.7 Å². The van der Waals surface area contributed by atoms with Crippen LogP contribution in [0, 0.1) is 21.7 Å². The molecular formula is C41H68N4O4. The van der Waals surface area contributed by atoms with Gasteiger partial charge in [0.2, 0.25) is 0 Å². The van der Waals surface area contributed by atoms with Crippen LogP contribution < -0.4 is 31.6 Å². The largest absolute Gasteiger partial charge is 0.491 e. The lowest BCUT2D eigenvalue weighted by molar-refractivity contribution is 0.0609. The maximum absolute atomic E-state index is 10.7. The average Bonchev–Trinajstić information content (AvgIpc) is 3.00. The lowest BCUT2D eigenvalue weighted by Gasteiger charge is -2.46. The minimum absolute atomic E-state index is 0.133. The van der Waals surface area contributed by atoms with E-state index in [1.807, 2.05) is 24.3 Å². The monoisotopic (exact) mass is 681 g/mol. The van der Waals surface area contributed by atoms with E-state index in [2.05, 4.69) is 90.3 Å². The van der Waals surface area contributed by atoms with Crippen LogP contribution in [0.2, 0.25) is 0 Å². The first-order valence-corrected chi connectivity index (χ1v) is 18.5. The molecule has 0 aliphatic heterocycles. The molecule has 2 fully saturated rings. The first-order valence-electron chi connectivity index (χ1n) is 18.5. The highest BCUT2D eigenvalue weighted by Crippen LogP contribution is 2.46. The highest BCUT2D eigenvalue weighted by atomic mass is 16.5. The van der Waals surface area contributed by atoms with Crippen molar-refractivity contribution in [2.75, 3.05) is 39.4 Å². The lowest BCUT2D eigenvalue weighted by atomic mass is 9.62. The Bertz CT molecular complexity index is 1310. The average molecular weight is 681 g/mol. The molecule has 49 heavy (non-hydrogen) atoms. The summed E-state index contributed by atoms with van der Waals surface area (Å²) in [7, 11) is 0. The molecule has 0 spiro atoms. The summed E-state index contributed by atoms with van der Waals surface area (Å²) >= 11 is 0. The van der Waals surface area contributed by atoms with Crippen LogP contribution in [0.4, 0.5) is 0 Å². The molecule has 6 unspecified atom stereocenters. The van der Waals surface area contributed by atoms with Crippen molar-refractivity contribution >= 4 is 0 Å². The van der Waals surface area contributed by atoms with Gasteiger partial charge in [0.25, 0.3) is 0 Å². The predicted molar refractivity (Wildman–Crippen MR) is 201 cm³/mol. The Labute approximate surface area is 297 Å². The van der Waals surface area contributed by atoms with E-state index >= 15 is 0 Å². The zero-order valence-electron chi connectivity index (χ0n) is 31.8. The molecule has 2 aliphatic rings. The molecule has 0 amide bonds. The minimum atomic E-state index is -0.597. The zero-order valence-corrected chi connectivity index (χ0v) is 31.8. The summed E-state index contributed by atoms with van der Waals surface area (Å²) in [5.41, 5.74) is 15.3. The van der Waals surface area contributed by atoms with Gasteiger partial charge in [0.1, 0.15) is 36.9 Å². The molecule has 8 heteroatoms. The fraction of sp³-hybridized carbons (Fsp3) is 0.707. The summed E-state index contributed by atoms with van der Waals surface area (Å²) in [5, 5.41) is 28.3. The summed E-state index contributed by atoms with van der Waals surface area (Å²) in [4.78, 5) is 0. The highest BCUT2D eigenvalue weighted by Gasteiger charge is 2.41. The number of rotatable bonds is 16. The molecule has 0 saturated heterocycles. The van der Waals surface area contributed by atoms with Gasteiger partial charge in [-0.05, 0) is 102 Å². The number of benzene rings is 2. The molecule has 8 N–H and O–H groups in total. The molecule has 6 atom stereocenters. The SMILES string of the molecule is CC1(C)CC(N)CC(C)(CNCC(O)COc2ccc(C(C)(C)c3ccc(OCC(O)CNC4CC(C)(C)CC(C)(CN)C4)cc3)cc2)C1. The lowest BCUT2D eigenvalue weighted by Crippen LogP contribution is -2.49. The summed E-state index contributed by atoms with van der Waals surface area (Å²) in [6, 6.07) is 16.8. The van der Waals surface area contributed by atoms with E-state index in [0.717, 1.165) is 67.7 Å². The number of ether oxygens (including phenoxy) is 2. The van der Waals surface area contributed by atoms with Crippen LogP contribution in [0.1, 0.15) is 105 Å². The molecule has 0 bridgehead atoms. The molecule has 0 heterocycles. The Balaban J connectivity index is 1.19. The second-order valence-electron chi connectivity index (χ2n) is 18.4. The molecule has 0 radical (unpaired) electrons. The van der Waals surface area contributed by atoms with Crippen LogP contribution in [-0.4, -0.2) is 73.9 Å². The standard InChI is InChI=1S/C41H68N4O4/c1-37(2)17-31(43)18-41(8,26-37)28-44-21-33(46)23-48-35-13-9-29(10-14-35)39(5,6)30-11-15-36(16-12-30)49-24-34(47)22-45-32-19-38(3,4)25-40(7,20-32)27-42/h9-16,31-34,44-47H,17-28,42-43H2,1-8H3. The van der Waals surface area contributed by atoms with Gasteiger partial charge in [-0.3, -0.25) is 0 Å². The highest BCUT2D eigenvalue weighted by molar-refractivity contribution is 5.41. The smallest absolute Gasteiger partial charge is 0.119 e. The van der Waals surface area contributed by atoms with Gasteiger partial charge in [0, 0.05) is 37.1 Å². The van der Waals surface area contributed by atoms with Gasteiger partial charge >= 0.3 is 0 Å². The van der Waals surface area contributed by atoms with E-state index in [1.165, 1.54) is 0 Å². The van der Waals surface area contributed by atoms with Gasteiger partial charge in [0.15, 0.2) is 0 Å².